The molecule has 0 spiro atoms. The summed E-state index contributed by atoms with van der Waals surface area (Å²) in [5, 5.41) is 5.20. The van der Waals surface area contributed by atoms with E-state index >= 15 is 0 Å². The Morgan fingerprint density at radius 2 is 1.79 bits per heavy atom. The fourth-order valence-corrected chi connectivity index (χ4v) is 3.11. The van der Waals surface area contributed by atoms with E-state index in [1.807, 2.05) is 18.2 Å². The number of carbonyl (C=O) groups is 3. The second-order valence-electron chi connectivity index (χ2n) is 7.52. The maximum absolute atomic E-state index is 12.1. The van der Waals surface area contributed by atoms with Crippen molar-refractivity contribution in [2.24, 2.45) is 0 Å². The lowest BCUT2D eigenvalue weighted by Crippen LogP contribution is -2.40. The van der Waals surface area contributed by atoms with Crippen molar-refractivity contribution in [1.29, 1.82) is 0 Å². The summed E-state index contributed by atoms with van der Waals surface area (Å²) >= 11 is 0. The van der Waals surface area contributed by atoms with E-state index in [9.17, 15) is 14.4 Å². The number of amides is 2. The summed E-state index contributed by atoms with van der Waals surface area (Å²) in [6.45, 7) is 2.47. The van der Waals surface area contributed by atoms with Gasteiger partial charge in [-0.2, -0.15) is 0 Å². The van der Waals surface area contributed by atoms with Gasteiger partial charge in [-0.1, -0.05) is 18.2 Å². The molecule has 0 unspecified atom stereocenters. The molecule has 2 N–H and O–H groups in total. The van der Waals surface area contributed by atoms with Gasteiger partial charge in [-0.3, -0.25) is 9.59 Å². The Bertz CT molecular complexity index is 1030. The fourth-order valence-electron chi connectivity index (χ4n) is 3.11. The number of ether oxygens (including phenoxy) is 4. The lowest BCUT2D eigenvalue weighted by Gasteiger charge is -2.18. The van der Waals surface area contributed by atoms with Crippen molar-refractivity contribution in [3.05, 3.63) is 59.7 Å². The van der Waals surface area contributed by atoms with Gasteiger partial charge in [0, 0.05) is 12.6 Å². The average molecular weight is 469 g/mol. The summed E-state index contributed by atoms with van der Waals surface area (Å²) in [5.74, 6) is 0.536. The van der Waals surface area contributed by atoms with Crippen LogP contribution < -0.4 is 24.8 Å². The molecule has 2 aromatic rings. The molecule has 0 aliphatic carbocycles. The van der Waals surface area contributed by atoms with Gasteiger partial charge in [-0.15, -0.1) is 0 Å². The second-order valence-corrected chi connectivity index (χ2v) is 7.52. The van der Waals surface area contributed by atoms with E-state index < -0.39 is 30.4 Å². The van der Waals surface area contributed by atoms with Gasteiger partial charge in [0.15, 0.2) is 18.1 Å². The molecule has 3 rings (SSSR count). The van der Waals surface area contributed by atoms with Gasteiger partial charge in [0.25, 0.3) is 5.91 Å². The van der Waals surface area contributed by atoms with Crippen molar-refractivity contribution in [3.8, 4) is 17.2 Å². The smallest absolute Gasteiger partial charge is 0.328 e. The van der Waals surface area contributed by atoms with Crippen LogP contribution >= 0.6 is 0 Å². The number of hydrogen-bond acceptors (Lipinski definition) is 7. The molecule has 34 heavy (non-hydrogen) atoms. The molecule has 9 heteroatoms. The number of rotatable bonds is 10. The third-order valence-electron chi connectivity index (χ3n) is 4.94. The highest BCUT2D eigenvalue weighted by Crippen LogP contribution is 2.30. The Morgan fingerprint density at radius 1 is 1.06 bits per heavy atom. The summed E-state index contributed by atoms with van der Waals surface area (Å²) in [5.41, 5.74) is 1.79. The minimum Gasteiger partial charge on any atom is -0.497 e. The fraction of sp³-hybridized carbons (Fsp3) is 0.320. The zero-order chi connectivity index (χ0) is 24.3. The number of nitrogens with one attached hydrogen (secondary N) is 2. The van der Waals surface area contributed by atoms with Gasteiger partial charge < -0.3 is 29.6 Å². The van der Waals surface area contributed by atoms with Crippen molar-refractivity contribution in [1.82, 2.24) is 10.6 Å². The first-order valence-electron chi connectivity index (χ1n) is 10.9. The first-order chi connectivity index (χ1) is 16.4. The molecule has 0 aromatic heterocycles. The maximum Gasteiger partial charge on any atom is 0.328 e. The Hall–Kier alpha value is -4.01. The van der Waals surface area contributed by atoms with Crippen LogP contribution in [0.2, 0.25) is 0 Å². The molecule has 1 aliphatic heterocycles. The van der Waals surface area contributed by atoms with Gasteiger partial charge in [0.05, 0.1) is 7.11 Å². The summed E-state index contributed by atoms with van der Waals surface area (Å²) in [6.07, 6.45) is 3.52. The molecule has 0 bridgehead atoms. The van der Waals surface area contributed by atoms with Crippen molar-refractivity contribution >= 4 is 23.9 Å². The maximum atomic E-state index is 12.1. The van der Waals surface area contributed by atoms with Gasteiger partial charge in [-0.05, 0) is 54.8 Å². The van der Waals surface area contributed by atoms with Crippen molar-refractivity contribution in [2.75, 3.05) is 33.5 Å². The zero-order valence-electron chi connectivity index (χ0n) is 19.2. The number of esters is 1. The second kappa shape index (κ2) is 12.3. The van der Waals surface area contributed by atoms with Crippen molar-refractivity contribution < 1.29 is 33.3 Å². The normalized spacial score (nSPS) is 13.1. The minimum absolute atomic E-state index is 0.373. The number of benzene rings is 2. The van der Waals surface area contributed by atoms with E-state index in [0.717, 1.165) is 11.1 Å². The molecule has 2 amide bonds. The average Bonchev–Trinajstić information content (AvgIpc) is 2.86. The highest BCUT2D eigenvalue weighted by atomic mass is 16.6. The molecule has 1 atom stereocenters. The number of carbonyl (C=O) groups excluding carboxylic acids is 3. The van der Waals surface area contributed by atoms with Gasteiger partial charge in [-0.25, -0.2) is 4.79 Å². The first-order valence-corrected chi connectivity index (χ1v) is 10.9. The Kier molecular flexibility index (Phi) is 8.90. The van der Waals surface area contributed by atoms with Crippen LogP contribution in [0.5, 0.6) is 17.2 Å². The van der Waals surface area contributed by atoms with E-state index in [1.165, 1.54) is 13.0 Å². The molecule has 0 saturated carbocycles. The zero-order valence-corrected chi connectivity index (χ0v) is 19.2. The SMILES string of the molecule is COc1ccc(/C=C/C(=O)N[C@@H](C)C(=O)OCC(=O)NCCc2ccc3c(c2)OCCO3)cc1. The quantitative estimate of drug-likeness (QED) is 0.405. The van der Waals surface area contributed by atoms with E-state index in [-0.39, 0.29) is 0 Å². The predicted octanol–water partition coefficient (Wildman–Crippen LogP) is 1.89. The molecule has 180 valence electrons. The number of hydrogen-bond donors (Lipinski definition) is 2. The van der Waals surface area contributed by atoms with Crippen LogP contribution in [-0.4, -0.2) is 57.3 Å². The van der Waals surface area contributed by atoms with Crippen LogP contribution in [0.15, 0.2) is 48.5 Å². The molecule has 0 saturated heterocycles. The minimum atomic E-state index is -0.904. The predicted molar refractivity (Wildman–Crippen MR) is 125 cm³/mol. The van der Waals surface area contributed by atoms with E-state index in [4.69, 9.17) is 18.9 Å². The van der Waals surface area contributed by atoms with Crippen LogP contribution in [0.4, 0.5) is 0 Å². The van der Waals surface area contributed by atoms with Gasteiger partial charge in [0.2, 0.25) is 5.91 Å². The standard InChI is InChI=1S/C25H28N2O7/c1-17(27-23(28)10-6-18-3-7-20(31-2)8-4-18)25(30)34-16-24(29)26-12-11-19-5-9-21-22(15-19)33-14-13-32-21/h3-10,15,17H,11-14,16H2,1-2H3,(H,26,29)(H,27,28)/b10-6+/t17-/m0/s1. The van der Waals surface area contributed by atoms with Gasteiger partial charge in [0.1, 0.15) is 25.0 Å². The number of fused-ring (bicyclic) bond motifs is 1. The van der Waals surface area contributed by atoms with E-state index in [1.54, 1.807) is 37.5 Å². The molecule has 0 fully saturated rings. The third kappa shape index (κ3) is 7.54. The van der Waals surface area contributed by atoms with Gasteiger partial charge >= 0.3 is 5.97 Å². The van der Waals surface area contributed by atoms with E-state index in [2.05, 4.69) is 10.6 Å². The van der Waals surface area contributed by atoms with Crippen LogP contribution in [0.1, 0.15) is 18.1 Å². The van der Waals surface area contributed by atoms with Crippen molar-refractivity contribution in [2.45, 2.75) is 19.4 Å². The molecular formula is C25H28N2O7. The lowest BCUT2D eigenvalue weighted by atomic mass is 10.1. The number of methoxy groups -OCH3 is 1. The summed E-state index contributed by atoms with van der Waals surface area (Å²) in [7, 11) is 1.57. The molecule has 2 aromatic carbocycles. The molecular weight excluding hydrogens is 440 g/mol. The molecule has 1 aliphatic rings. The molecule has 9 nitrogen and oxygen atoms in total. The first kappa shape index (κ1) is 24.6. The Morgan fingerprint density at radius 3 is 2.53 bits per heavy atom. The summed E-state index contributed by atoms with van der Waals surface area (Å²) in [4.78, 5) is 36.1. The van der Waals surface area contributed by atoms with Crippen LogP contribution in [0.3, 0.4) is 0 Å². The van der Waals surface area contributed by atoms with Crippen LogP contribution in [-0.2, 0) is 25.5 Å². The van der Waals surface area contributed by atoms with E-state index in [0.29, 0.717) is 43.4 Å². The largest absolute Gasteiger partial charge is 0.497 e. The van der Waals surface area contributed by atoms with Crippen LogP contribution in [0, 0.1) is 0 Å². The Balaban J connectivity index is 1.34. The highest BCUT2D eigenvalue weighted by molar-refractivity contribution is 5.94. The summed E-state index contributed by atoms with van der Waals surface area (Å²) < 4.78 is 21.1. The third-order valence-corrected chi connectivity index (χ3v) is 4.94. The topological polar surface area (TPSA) is 112 Å². The molecule has 0 radical (unpaired) electrons. The Labute approximate surface area is 198 Å². The van der Waals surface area contributed by atoms with Crippen molar-refractivity contribution in [3.63, 3.8) is 0 Å². The molecule has 1 heterocycles. The highest BCUT2D eigenvalue weighted by Gasteiger charge is 2.17. The van der Waals surface area contributed by atoms with Crippen LogP contribution in [0.25, 0.3) is 6.08 Å². The summed E-state index contributed by atoms with van der Waals surface area (Å²) in [6, 6.07) is 11.9. The monoisotopic (exact) mass is 468 g/mol. The lowest BCUT2D eigenvalue weighted by molar-refractivity contribution is -0.150.